The molecule has 2 aromatic heterocycles. The van der Waals surface area contributed by atoms with E-state index in [4.69, 9.17) is 4.74 Å². The normalized spacial score (nSPS) is 12.4. The van der Waals surface area contributed by atoms with Crippen molar-refractivity contribution in [1.82, 2.24) is 20.1 Å². The number of aromatic nitrogens is 3. The molecule has 1 amide bonds. The molecule has 6 heteroatoms. The van der Waals surface area contributed by atoms with Crippen molar-refractivity contribution in [3.05, 3.63) is 53.3 Å². The van der Waals surface area contributed by atoms with Crippen molar-refractivity contribution in [1.29, 1.82) is 0 Å². The quantitative estimate of drug-likeness (QED) is 0.758. The summed E-state index contributed by atoms with van der Waals surface area (Å²) in [4.78, 5) is 17.4. The van der Waals surface area contributed by atoms with E-state index in [1.54, 1.807) is 13.3 Å². The number of fused-ring (bicyclic) bond motifs is 1. The van der Waals surface area contributed by atoms with Crippen molar-refractivity contribution in [3.8, 4) is 5.75 Å². The molecule has 0 saturated carbocycles. The highest BCUT2D eigenvalue weighted by Crippen LogP contribution is 2.25. The first-order valence-corrected chi connectivity index (χ1v) is 8.71. The molecule has 0 aliphatic heterocycles. The second-order valence-electron chi connectivity index (χ2n) is 6.65. The van der Waals surface area contributed by atoms with Gasteiger partial charge in [-0.1, -0.05) is 18.2 Å². The number of rotatable bonds is 5. The molecule has 0 aliphatic carbocycles. The summed E-state index contributed by atoms with van der Waals surface area (Å²) >= 11 is 0. The van der Waals surface area contributed by atoms with Crippen molar-refractivity contribution >= 4 is 16.9 Å². The summed E-state index contributed by atoms with van der Waals surface area (Å²) in [6.45, 7) is 7.89. The summed E-state index contributed by atoms with van der Waals surface area (Å²) in [5.41, 5.74) is 2.97. The van der Waals surface area contributed by atoms with Gasteiger partial charge in [0.25, 0.3) is 5.91 Å². The van der Waals surface area contributed by atoms with Crippen LogP contribution < -0.4 is 10.1 Å². The third-order valence-corrected chi connectivity index (χ3v) is 4.45. The summed E-state index contributed by atoms with van der Waals surface area (Å²) in [6, 6.07) is 9.55. The zero-order valence-corrected chi connectivity index (χ0v) is 15.8. The molecule has 0 fully saturated rings. The predicted molar refractivity (Wildman–Crippen MR) is 102 cm³/mol. The number of benzene rings is 1. The van der Waals surface area contributed by atoms with Gasteiger partial charge >= 0.3 is 0 Å². The molecule has 3 rings (SSSR count). The topological polar surface area (TPSA) is 69.0 Å². The van der Waals surface area contributed by atoms with Crippen LogP contribution >= 0.6 is 0 Å². The first-order chi connectivity index (χ1) is 12.4. The van der Waals surface area contributed by atoms with Crippen LogP contribution in [-0.4, -0.2) is 27.8 Å². The Morgan fingerprint density at radius 2 is 1.96 bits per heavy atom. The Balaban J connectivity index is 1.89. The van der Waals surface area contributed by atoms with Gasteiger partial charge in [-0.2, -0.15) is 5.10 Å². The van der Waals surface area contributed by atoms with E-state index in [1.807, 2.05) is 48.9 Å². The van der Waals surface area contributed by atoms with Crippen molar-refractivity contribution in [3.63, 3.8) is 0 Å². The fourth-order valence-electron chi connectivity index (χ4n) is 3.05. The number of nitrogens with one attached hydrogen (secondary N) is 1. The van der Waals surface area contributed by atoms with Crippen LogP contribution in [0.1, 0.15) is 54.5 Å². The van der Waals surface area contributed by atoms with Crippen LogP contribution in [0.3, 0.4) is 0 Å². The molecule has 1 aromatic carbocycles. The summed E-state index contributed by atoms with van der Waals surface area (Å²) in [6.07, 6.45) is 1.75. The van der Waals surface area contributed by atoms with E-state index < -0.39 is 0 Å². The molecular formula is C20H24N4O2. The molecule has 2 heterocycles. The van der Waals surface area contributed by atoms with Gasteiger partial charge in [0.1, 0.15) is 5.75 Å². The lowest BCUT2D eigenvalue weighted by molar-refractivity contribution is 0.0938. The average Bonchev–Trinajstić information content (AvgIpc) is 3.03. The van der Waals surface area contributed by atoms with Crippen LogP contribution in [0.4, 0.5) is 0 Å². The molecule has 0 saturated heterocycles. The van der Waals surface area contributed by atoms with E-state index in [0.717, 1.165) is 22.3 Å². The van der Waals surface area contributed by atoms with E-state index in [1.165, 1.54) is 0 Å². The van der Waals surface area contributed by atoms with Crippen molar-refractivity contribution in [2.24, 2.45) is 0 Å². The van der Waals surface area contributed by atoms with Crippen molar-refractivity contribution in [2.45, 2.75) is 39.8 Å². The predicted octanol–water partition coefficient (Wildman–Crippen LogP) is 3.82. The van der Waals surface area contributed by atoms with E-state index in [-0.39, 0.29) is 18.0 Å². The average molecular weight is 352 g/mol. The van der Waals surface area contributed by atoms with Crippen LogP contribution in [0.5, 0.6) is 5.75 Å². The molecule has 136 valence electrons. The van der Waals surface area contributed by atoms with Gasteiger partial charge in [-0.15, -0.1) is 0 Å². The molecule has 1 N–H and O–H groups in total. The second-order valence-corrected chi connectivity index (χ2v) is 6.65. The number of aryl methyl sites for hydroxylation is 1. The summed E-state index contributed by atoms with van der Waals surface area (Å²) in [7, 11) is 1.63. The summed E-state index contributed by atoms with van der Waals surface area (Å²) in [5, 5.41) is 8.27. The van der Waals surface area contributed by atoms with E-state index in [0.29, 0.717) is 11.3 Å². The minimum atomic E-state index is -0.188. The first kappa shape index (κ1) is 17.9. The summed E-state index contributed by atoms with van der Waals surface area (Å²) < 4.78 is 7.25. The van der Waals surface area contributed by atoms with Gasteiger partial charge in [0, 0.05) is 17.0 Å². The minimum Gasteiger partial charge on any atom is -0.496 e. The zero-order valence-electron chi connectivity index (χ0n) is 15.8. The molecule has 0 unspecified atom stereocenters. The van der Waals surface area contributed by atoms with Crippen LogP contribution in [0, 0.1) is 6.92 Å². The Hall–Kier alpha value is -2.89. The van der Waals surface area contributed by atoms with E-state index in [2.05, 4.69) is 29.2 Å². The smallest absolute Gasteiger partial charge is 0.253 e. The summed E-state index contributed by atoms with van der Waals surface area (Å²) in [5.74, 6) is 0.594. The number of amides is 1. The maximum absolute atomic E-state index is 12.8. The zero-order chi connectivity index (χ0) is 18.8. The lowest BCUT2D eigenvalue weighted by Crippen LogP contribution is -2.27. The number of methoxy groups -OCH3 is 1. The maximum Gasteiger partial charge on any atom is 0.253 e. The van der Waals surface area contributed by atoms with Crippen molar-refractivity contribution < 1.29 is 9.53 Å². The Kier molecular flexibility index (Phi) is 4.93. The largest absolute Gasteiger partial charge is 0.496 e. The third kappa shape index (κ3) is 3.27. The van der Waals surface area contributed by atoms with Crippen LogP contribution in [0.2, 0.25) is 0 Å². The van der Waals surface area contributed by atoms with Crippen LogP contribution in [0.25, 0.3) is 11.0 Å². The Bertz CT molecular complexity index is 946. The SMILES string of the molecule is COc1ccccc1[C@@H](C)NC(=O)c1cc2cnn(C(C)C)c2nc1C. The Labute approximate surface area is 153 Å². The lowest BCUT2D eigenvalue weighted by atomic mass is 10.1. The van der Waals surface area contributed by atoms with Crippen LogP contribution in [-0.2, 0) is 0 Å². The number of hydrogen-bond acceptors (Lipinski definition) is 4. The fourth-order valence-corrected chi connectivity index (χ4v) is 3.05. The van der Waals surface area contributed by atoms with Gasteiger partial charge in [-0.05, 0) is 39.8 Å². The number of hydrogen-bond donors (Lipinski definition) is 1. The third-order valence-electron chi connectivity index (χ3n) is 4.45. The fraction of sp³-hybridized carbons (Fsp3) is 0.350. The highest BCUT2D eigenvalue weighted by Gasteiger charge is 2.18. The highest BCUT2D eigenvalue weighted by molar-refractivity contribution is 5.98. The maximum atomic E-state index is 12.8. The number of ether oxygens (including phenoxy) is 1. The molecular weight excluding hydrogens is 328 g/mol. The standard InChI is InChI=1S/C20H24N4O2/c1-12(2)24-19-15(11-21-24)10-17(14(4)22-19)20(25)23-13(3)16-8-6-7-9-18(16)26-5/h6-13H,1-5H3,(H,23,25)/t13-/m1/s1. The minimum absolute atomic E-state index is 0.160. The van der Waals surface area contributed by atoms with Crippen molar-refractivity contribution in [2.75, 3.05) is 7.11 Å². The second kappa shape index (κ2) is 7.15. The van der Waals surface area contributed by atoms with Gasteiger partial charge in [-0.3, -0.25) is 4.79 Å². The highest BCUT2D eigenvalue weighted by atomic mass is 16.5. The lowest BCUT2D eigenvalue weighted by Gasteiger charge is -2.18. The molecule has 26 heavy (non-hydrogen) atoms. The van der Waals surface area contributed by atoms with E-state index >= 15 is 0 Å². The first-order valence-electron chi connectivity index (χ1n) is 8.71. The number of carbonyl (C=O) groups excluding carboxylic acids is 1. The van der Waals surface area contributed by atoms with E-state index in [9.17, 15) is 4.79 Å². The van der Waals surface area contributed by atoms with Gasteiger partial charge < -0.3 is 10.1 Å². The Morgan fingerprint density at radius 3 is 2.65 bits per heavy atom. The molecule has 0 spiro atoms. The number of pyridine rings is 1. The van der Waals surface area contributed by atoms with Gasteiger partial charge in [0.15, 0.2) is 5.65 Å². The molecule has 1 atom stereocenters. The molecule has 0 radical (unpaired) electrons. The molecule has 6 nitrogen and oxygen atoms in total. The number of carbonyl (C=O) groups is 1. The molecule has 0 bridgehead atoms. The van der Waals surface area contributed by atoms with Gasteiger partial charge in [0.2, 0.25) is 0 Å². The number of nitrogens with zero attached hydrogens (tertiary/aromatic N) is 3. The number of para-hydroxylation sites is 1. The molecule has 0 aliphatic rings. The van der Waals surface area contributed by atoms with Gasteiger partial charge in [-0.25, -0.2) is 9.67 Å². The Morgan fingerprint density at radius 1 is 1.23 bits per heavy atom. The monoisotopic (exact) mass is 352 g/mol. The van der Waals surface area contributed by atoms with Gasteiger partial charge in [0.05, 0.1) is 30.6 Å². The van der Waals surface area contributed by atoms with Crippen LogP contribution in [0.15, 0.2) is 36.5 Å². The molecule has 3 aromatic rings.